The van der Waals surface area contributed by atoms with E-state index in [9.17, 15) is 9.59 Å². The Balaban J connectivity index is 1.33. The Labute approximate surface area is 195 Å². The first-order chi connectivity index (χ1) is 16.0. The highest BCUT2D eigenvalue weighted by Crippen LogP contribution is 2.31. The Hall–Kier alpha value is -3.91. The largest absolute Gasteiger partial charge is 0.493 e. The van der Waals surface area contributed by atoms with Gasteiger partial charge in [-0.15, -0.1) is 0 Å². The normalized spacial score (nSPS) is 14.2. The number of rotatable bonds is 6. The summed E-state index contributed by atoms with van der Waals surface area (Å²) < 4.78 is 22.3. The molecular weight excluding hydrogens is 448 g/mol. The molecule has 8 nitrogen and oxygen atoms in total. The number of hydrazine groups is 1. The van der Waals surface area contributed by atoms with Gasteiger partial charge in [0.05, 0.1) is 7.11 Å². The van der Waals surface area contributed by atoms with Crippen LogP contribution in [0.2, 0.25) is 5.02 Å². The summed E-state index contributed by atoms with van der Waals surface area (Å²) in [7, 11) is 1.48. The molecule has 170 valence electrons. The summed E-state index contributed by atoms with van der Waals surface area (Å²) in [5, 5.41) is 0.645. The molecule has 3 aromatic rings. The lowest BCUT2D eigenvalue weighted by Crippen LogP contribution is -2.50. The Morgan fingerprint density at radius 2 is 1.76 bits per heavy atom. The van der Waals surface area contributed by atoms with Gasteiger partial charge < -0.3 is 18.9 Å². The lowest BCUT2D eigenvalue weighted by Gasteiger charge is -2.25. The first-order valence-electron chi connectivity index (χ1n) is 10.1. The van der Waals surface area contributed by atoms with Crippen molar-refractivity contribution in [2.45, 2.75) is 12.7 Å². The number of carbonyl (C=O) groups is 2. The van der Waals surface area contributed by atoms with E-state index >= 15 is 0 Å². The van der Waals surface area contributed by atoms with Gasteiger partial charge in [-0.25, -0.2) is 0 Å². The highest BCUT2D eigenvalue weighted by Gasteiger charge is 2.27. The second-order valence-corrected chi connectivity index (χ2v) is 7.52. The molecule has 0 fully saturated rings. The SMILES string of the molecule is COc1cc(C(=O)NNC(=O)C2COc3ccccc3O2)ccc1OCc1ccc(Cl)cc1. The zero-order chi connectivity index (χ0) is 23.2. The topological polar surface area (TPSA) is 95.1 Å². The molecule has 0 saturated carbocycles. The number of benzene rings is 3. The van der Waals surface area contributed by atoms with Crippen LogP contribution in [-0.4, -0.2) is 31.6 Å². The van der Waals surface area contributed by atoms with Crippen molar-refractivity contribution in [2.75, 3.05) is 13.7 Å². The maximum absolute atomic E-state index is 12.5. The molecule has 0 radical (unpaired) electrons. The van der Waals surface area contributed by atoms with Crippen LogP contribution in [0.5, 0.6) is 23.0 Å². The lowest BCUT2D eigenvalue weighted by atomic mass is 10.2. The van der Waals surface area contributed by atoms with Crippen molar-refractivity contribution in [3.63, 3.8) is 0 Å². The number of fused-ring (bicyclic) bond motifs is 1. The number of methoxy groups -OCH3 is 1. The third-order valence-electron chi connectivity index (χ3n) is 4.83. The number of carbonyl (C=O) groups excluding carboxylic acids is 2. The smallest absolute Gasteiger partial charge is 0.283 e. The average molecular weight is 469 g/mol. The summed E-state index contributed by atoms with van der Waals surface area (Å²) in [5.74, 6) is 0.823. The summed E-state index contributed by atoms with van der Waals surface area (Å²) in [6, 6.07) is 19.0. The van der Waals surface area contributed by atoms with Crippen LogP contribution in [0.4, 0.5) is 0 Å². The Kier molecular flexibility index (Phi) is 6.85. The molecule has 0 aliphatic carbocycles. The maximum Gasteiger partial charge on any atom is 0.283 e. The molecule has 4 rings (SSSR count). The average Bonchev–Trinajstić information content (AvgIpc) is 2.86. The van der Waals surface area contributed by atoms with Crippen LogP contribution >= 0.6 is 11.6 Å². The third kappa shape index (κ3) is 5.48. The van der Waals surface area contributed by atoms with Crippen molar-refractivity contribution in [1.82, 2.24) is 10.9 Å². The van der Waals surface area contributed by atoms with Crippen LogP contribution < -0.4 is 29.8 Å². The van der Waals surface area contributed by atoms with E-state index in [1.807, 2.05) is 18.2 Å². The van der Waals surface area contributed by atoms with Crippen LogP contribution in [0.25, 0.3) is 0 Å². The van der Waals surface area contributed by atoms with E-state index < -0.39 is 17.9 Å². The molecule has 0 bridgehead atoms. The van der Waals surface area contributed by atoms with Crippen LogP contribution in [0.1, 0.15) is 15.9 Å². The minimum atomic E-state index is -0.890. The van der Waals surface area contributed by atoms with Gasteiger partial charge in [-0.2, -0.15) is 0 Å². The van der Waals surface area contributed by atoms with Crippen molar-refractivity contribution in [1.29, 1.82) is 0 Å². The summed E-state index contributed by atoms with van der Waals surface area (Å²) >= 11 is 5.90. The van der Waals surface area contributed by atoms with Crippen molar-refractivity contribution >= 4 is 23.4 Å². The molecule has 1 heterocycles. The molecule has 3 aromatic carbocycles. The molecule has 2 amide bonds. The van der Waals surface area contributed by atoms with E-state index in [2.05, 4.69) is 10.9 Å². The maximum atomic E-state index is 12.5. The fourth-order valence-electron chi connectivity index (χ4n) is 3.09. The zero-order valence-corrected chi connectivity index (χ0v) is 18.4. The molecular formula is C24H21ClN2O6. The standard InChI is InChI=1S/C24H21ClN2O6/c1-30-21-12-16(8-11-19(21)31-13-15-6-9-17(25)10-7-15)23(28)26-27-24(29)22-14-32-18-4-2-3-5-20(18)33-22/h2-12,22H,13-14H2,1H3,(H,26,28)(H,27,29). The summed E-state index contributed by atoms with van der Waals surface area (Å²) in [4.78, 5) is 24.9. The molecule has 1 unspecified atom stereocenters. The van der Waals surface area contributed by atoms with E-state index in [1.54, 1.807) is 42.5 Å². The van der Waals surface area contributed by atoms with Crippen molar-refractivity contribution < 1.29 is 28.5 Å². The fourth-order valence-corrected chi connectivity index (χ4v) is 3.22. The number of nitrogens with one attached hydrogen (secondary N) is 2. The predicted molar refractivity (Wildman–Crippen MR) is 121 cm³/mol. The van der Waals surface area contributed by atoms with Crippen LogP contribution in [0.15, 0.2) is 66.7 Å². The number of para-hydroxylation sites is 2. The van der Waals surface area contributed by atoms with E-state index in [1.165, 1.54) is 13.2 Å². The molecule has 2 N–H and O–H groups in total. The molecule has 0 saturated heterocycles. The molecule has 1 aliphatic rings. The van der Waals surface area contributed by atoms with Gasteiger partial charge in [-0.1, -0.05) is 35.9 Å². The van der Waals surface area contributed by atoms with E-state index in [-0.39, 0.29) is 12.2 Å². The summed E-state index contributed by atoms with van der Waals surface area (Å²) in [5.41, 5.74) is 5.94. The Morgan fingerprint density at radius 3 is 2.52 bits per heavy atom. The van der Waals surface area contributed by atoms with Gasteiger partial charge in [-0.3, -0.25) is 20.4 Å². The monoisotopic (exact) mass is 468 g/mol. The summed E-state index contributed by atoms with van der Waals surface area (Å²) in [6.07, 6.45) is -0.890. The minimum Gasteiger partial charge on any atom is -0.493 e. The summed E-state index contributed by atoms with van der Waals surface area (Å²) in [6.45, 7) is 0.341. The Morgan fingerprint density at radius 1 is 1.00 bits per heavy atom. The highest BCUT2D eigenvalue weighted by molar-refractivity contribution is 6.30. The predicted octanol–water partition coefficient (Wildman–Crippen LogP) is 3.53. The second kappa shape index (κ2) is 10.1. The van der Waals surface area contributed by atoms with Gasteiger partial charge in [0.15, 0.2) is 23.0 Å². The molecule has 33 heavy (non-hydrogen) atoms. The quantitative estimate of drug-likeness (QED) is 0.537. The van der Waals surface area contributed by atoms with Crippen molar-refractivity contribution in [3.05, 3.63) is 82.9 Å². The second-order valence-electron chi connectivity index (χ2n) is 7.09. The van der Waals surface area contributed by atoms with Gasteiger partial charge in [0, 0.05) is 10.6 Å². The van der Waals surface area contributed by atoms with E-state index in [4.69, 9.17) is 30.5 Å². The number of halogens is 1. The van der Waals surface area contributed by atoms with Crippen molar-refractivity contribution in [3.8, 4) is 23.0 Å². The molecule has 0 aromatic heterocycles. The molecule has 1 atom stereocenters. The van der Waals surface area contributed by atoms with Crippen LogP contribution in [-0.2, 0) is 11.4 Å². The van der Waals surface area contributed by atoms with Crippen molar-refractivity contribution in [2.24, 2.45) is 0 Å². The molecule has 0 spiro atoms. The van der Waals surface area contributed by atoms with Gasteiger partial charge in [-0.05, 0) is 48.0 Å². The van der Waals surface area contributed by atoms with Gasteiger partial charge >= 0.3 is 0 Å². The Bertz CT molecular complexity index is 1150. The van der Waals surface area contributed by atoms with Crippen LogP contribution in [0, 0.1) is 0 Å². The minimum absolute atomic E-state index is 0.0339. The first kappa shape index (κ1) is 22.3. The number of ether oxygens (including phenoxy) is 4. The molecule has 9 heteroatoms. The van der Waals surface area contributed by atoms with E-state index in [0.717, 1.165) is 5.56 Å². The number of amides is 2. The zero-order valence-electron chi connectivity index (χ0n) is 17.7. The van der Waals surface area contributed by atoms with Gasteiger partial charge in [0.1, 0.15) is 13.2 Å². The van der Waals surface area contributed by atoms with Gasteiger partial charge in [0.2, 0.25) is 6.10 Å². The molecule has 1 aliphatic heterocycles. The van der Waals surface area contributed by atoms with Gasteiger partial charge in [0.25, 0.3) is 11.8 Å². The highest BCUT2D eigenvalue weighted by atomic mass is 35.5. The third-order valence-corrected chi connectivity index (χ3v) is 5.09. The first-order valence-corrected chi connectivity index (χ1v) is 10.5. The number of hydrogen-bond acceptors (Lipinski definition) is 6. The lowest BCUT2D eigenvalue weighted by molar-refractivity contribution is -0.131. The fraction of sp³-hybridized carbons (Fsp3) is 0.167. The number of hydrogen-bond donors (Lipinski definition) is 2. The van der Waals surface area contributed by atoms with Crippen LogP contribution in [0.3, 0.4) is 0 Å². The van der Waals surface area contributed by atoms with E-state index in [0.29, 0.717) is 34.6 Å².